The molecule has 3 N–H and O–H groups in total. The third kappa shape index (κ3) is 4.32. The number of aromatic nitrogens is 2. The van der Waals surface area contributed by atoms with Gasteiger partial charge in [0.1, 0.15) is 5.75 Å². The Kier molecular flexibility index (Phi) is 5.35. The van der Waals surface area contributed by atoms with Crippen molar-refractivity contribution in [1.29, 1.82) is 0 Å². The molecular weight excluding hydrogens is 296 g/mol. The van der Waals surface area contributed by atoms with Crippen LogP contribution in [0, 0.1) is 0 Å². The molecule has 7 nitrogen and oxygen atoms in total. The first-order valence-corrected chi connectivity index (χ1v) is 7.27. The summed E-state index contributed by atoms with van der Waals surface area (Å²) in [6, 6.07) is 7.27. The number of hydrogen-bond acceptors (Lipinski definition) is 4. The zero-order valence-corrected chi connectivity index (χ0v) is 13.3. The number of benzene rings is 1. The number of hydrogen-bond donors (Lipinski definition) is 3. The summed E-state index contributed by atoms with van der Waals surface area (Å²) in [5.74, 6) is 0.0518. The number of H-pyrrole nitrogens is 1. The number of rotatable bonds is 6. The lowest BCUT2D eigenvalue weighted by Crippen LogP contribution is -2.31. The molecule has 0 aliphatic heterocycles. The van der Waals surface area contributed by atoms with Crippen molar-refractivity contribution in [1.82, 2.24) is 15.5 Å². The molecule has 0 radical (unpaired) electrons. The molecule has 122 valence electrons. The van der Waals surface area contributed by atoms with E-state index >= 15 is 0 Å². The SMILES string of the molecule is COc1ccccc1CC(=O)Nc1c[nH]nc1C(=O)NC(C)C. The van der Waals surface area contributed by atoms with Gasteiger partial charge >= 0.3 is 0 Å². The van der Waals surface area contributed by atoms with Crippen LogP contribution in [0.1, 0.15) is 29.9 Å². The number of nitrogens with zero attached hydrogens (tertiary/aromatic N) is 1. The van der Waals surface area contributed by atoms with Gasteiger partial charge in [0.25, 0.3) is 5.91 Å². The molecule has 0 aliphatic rings. The molecule has 0 saturated heterocycles. The average molecular weight is 316 g/mol. The fourth-order valence-electron chi connectivity index (χ4n) is 2.11. The Labute approximate surface area is 134 Å². The van der Waals surface area contributed by atoms with E-state index in [0.717, 1.165) is 5.56 Å². The summed E-state index contributed by atoms with van der Waals surface area (Å²) >= 11 is 0. The quantitative estimate of drug-likeness (QED) is 0.756. The molecule has 1 aromatic carbocycles. The van der Waals surface area contributed by atoms with E-state index in [4.69, 9.17) is 4.74 Å². The zero-order chi connectivity index (χ0) is 16.8. The van der Waals surface area contributed by atoms with E-state index in [0.29, 0.717) is 11.4 Å². The minimum atomic E-state index is -0.339. The second-order valence-electron chi connectivity index (χ2n) is 5.31. The van der Waals surface area contributed by atoms with Crippen LogP contribution in [0.15, 0.2) is 30.5 Å². The zero-order valence-electron chi connectivity index (χ0n) is 13.3. The van der Waals surface area contributed by atoms with Gasteiger partial charge < -0.3 is 15.4 Å². The predicted octanol–water partition coefficient (Wildman–Crippen LogP) is 1.74. The molecule has 2 amide bonds. The number of para-hydroxylation sites is 1. The molecule has 7 heteroatoms. The number of aromatic amines is 1. The largest absolute Gasteiger partial charge is 0.496 e. The lowest BCUT2D eigenvalue weighted by Gasteiger charge is -2.10. The minimum Gasteiger partial charge on any atom is -0.496 e. The molecular formula is C16H20N4O3. The predicted molar refractivity (Wildman–Crippen MR) is 86.5 cm³/mol. The Morgan fingerprint density at radius 1 is 1.30 bits per heavy atom. The van der Waals surface area contributed by atoms with Crippen molar-refractivity contribution in [2.45, 2.75) is 26.3 Å². The fraction of sp³-hybridized carbons (Fsp3) is 0.312. The second-order valence-corrected chi connectivity index (χ2v) is 5.31. The van der Waals surface area contributed by atoms with E-state index in [-0.39, 0.29) is 30.0 Å². The fourth-order valence-corrected chi connectivity index (χ4v) is 2.11. The van der Waals surface area contributed by atoms with E-state index in [1.54, 1.807) is 13.2 Å². The van der Waals surface area contributed by atoms with Gasteiger partial charge in [-0.05, 0) is 19.9 Å². The third-order valence-corrected chi connectivity index (χ3v) is 3.09. The number of nitrogens with one attached hydrogen (secondary N) is 3. The van der Waals surface area contributed by atoms with Gasteiger partial charge in [0.2, 0.25) is 5.91 Å². The molecule has 0 atom stereocenters. The summed E-state index contributed by atoms with van der Waals surface area (Å²) in [7, 11) is 1.56. The normalized spacial score (nSPS) is 10.4. The summed E-state index contributed by atoms with van der Waals surface area (Å²) < 4.78 is 5.22. The maximum absolute atomic E-state index is 12.2. The second kappa shape index (κ2) is 7.44. The molecule has 0 bridgehead atoms. The van der Waals surface area contributed by atoms with Gasteiger partial charge in [0.05, 0.1) is 19.2 Å². The molecule has 0 saturated carbocycles. The van der Waals surface area contributed by atoms with Crippen LogP contribution in [-0.4, -0.2) is 35.2 Å². The standard InChI is InChI=1S/C16H20N4O3/c1-10(2)18-16(22)15-12(9-17-20-15)19-14(21)8-11-6-4-5-7-13(11)23-3/h4-7,9-10H,8H2,1-3H3,(H,17,20)(H,18,22)(H,19,21). The van der Waals surface area contributed by atoms with Crippen LogP contribution in [0.5, 0.6) is 5.75 Å². The van der Waals surface area contributed by atoms with E-state index in [9.17, 15) is 9.59 Å². The maximum Gasteiger partial charge on any atom is 0.274 e. The summed E-state index contributed by atoms with van der Waals surface area (Å²) in [5, 5.41) is 11.9. The van der Waals surface area contributed by atoms with E-state index in [2.05, 4.69) is 20.8 Å². The van der Waals surface area contributed by atoms with E-state index < -0.39 is 0 Å². The van der Waals surface area contributed by atoms with Crippen molar-refractivity contribution in [3.05, 3.63) is 41.7 Å². The first-order valence-electron chi connectivity index (χ1n) is 7.27. The lowest BCUT2D eigenvalue weighted by molar-refractivity contribution is -0.115. The highest BCUT2D eigenvalue weighted by atomic mass is 16.5. The number of anilines is 1. The molecule has 2 rings (SSSR count). The Morgan fingerprint density at radius 3 is 2.74 bits per heavy atom. The first kappa shape index (κ1) is 16.5. The van der Waals surface area contributed by atoms with Gasteiger partial charge in [-0.15, -0.1) is 0 Å². The molecule has 1 aromatic heterocycles. The molecule has 0 aliphatic carbocycles. The Morgan fingerprint density at radius 2 is 2.04 bits per heavy atom. The van der Waals surface area contributed by atoms with Crippen molar-refractivity contribution < 1.29 is 14.3 Å². The number of carbonyl (C=O) groups is 2. The van der Waals surface area contributed by atoms with Gasteiger partial charge in [0, 0.05) is 17.8 Å². The highest BCUT2D eigenvalue weighted by molar-refractivity contribution is 6.02. The van der Waals surface area contributed by atoms with Gasteiger partial charge in [-0.3, -0.25) is 14.7 Å². The molecule has 0 unspecified atom stereocenters. The third-order valence-electron chi connectivity index (χ3n) is 3.09. The van der Waals surface area contributed by atoms with Gasteiger partial charge in [-0.2, -0.15) is 5.10 Å². The summed E-state index contributed by atoms with van der Waals surface area (Å²) in [5.41, 5.74) is 1.28. The molecule has 2 aromatic rings. The van der Waals surface area contributed by atoms with Crippen molar-refractivity contribution in [3.8, 4) is 5.75 Å². The summed E-state index contributed by atoms with van der Waals surface area (Å²) in [6.45, 7) is 3.70. The van der Waals surface area contributed by atoms with Crippen LogP contribution in [-0.2, 0) is 11.2 Å². The number of methoxy groups -OCH3 is 1. The number of amides is 2. The van der Waals surface area contributed by atoms with Crippen LogP contribution < -0.4 is 15.4 Å². The molecule has 0 fully saturated rings. The van der Waals surface area contributed by atoms with Gasteiger partial charge in [-0.1, -0.05) is 18.2 Å². The van der Waals surface area contributed by atoms with E-state index in [1.165, 1.54) is 6.20 Å². The lowest BCUT2D eigenvalue weighted by atomic mass is 10.1. The smallest absolute Gasteiger partial charge is 0.274 e. The Balaban J connectivity index is 2.07. The highest BCUT2D eigenvalue weighted by Crippen LogP contribution is 2.19. The Bertz CT molecular complexity index is 694. The van der Waals surface area contributed by atoms with Crippen molar-refractivity contribution in [2.24, 2.45) is 0 Å². The molecule has 0 spiro atoms. The van der Waals surface area contributed by atoms with E-state index in [1.807, 2.05) is 32.0 Å². The summed E-state index contributed by atoms with van der Waals surface area (Å²) in [6.07, 6.45) is 1.62. The van der Waals surface area contributed by atoms with Crippen LogP contribution in [0.3, 0.4) is 0 Å². The van der Waals surface area contributed by atoms with Crippen molar-refractivity contribution in [2.75, 3.05) is 12.4 Å². The summed E-state index contributed by atoms with van der Waals surface area (Å²) in [4.78, 5) is 24.2. The number of carbonyl (C=O) groups excluding carboxylic acids is 2. The topological polar surface area (TPSA) is 96.1 Å². The Hall–Kier alpha value is -2.83. The average Bonchev–Trinajstić information content (AvgIpc) is 2.95. The van der Waals surface area contributed by atoms with Gasteiger partial charge in [0.15, 0.2) is 5.69 Å². The maximum atomic E-state index is 12.2. The first-order chi connectivity index (χ1) is 11.0. The molecule has 1 heterocycles. The van der Waals surface area contributed by atoms with Crippen LogP contribution >= 0.6 is 0 Å². The highest BCUT2D eigenvalue weighted by Gasteiger charge is 2.18. The monoisotopic (exact) mass is 316 g/mol. The van der Waals surface area contributed by atoms with Crippen LogP contribution in [0.4, 0.5) is 5.69 Å². The van der Waals surface area contributed by atoms with Crippen molar-refractivity contribution in [3.63, 3.8) is 0 Å². The van der Waals surface area contributed by atoms with Gasteiger partial charge in [-0.25, -0.2) is 0 Å². The van der Waals surface area contributed by atoms with Crippen molar-refractivity contribution >= 4 is 17.5 Å². The minimum absolute atomic E-state index is 0.0173. The van der Waals surface area contributed by atoms with Crippen LogP contribution in [0.2, 0.25) is 0 Å². The van der Waals surface area contributed by atoms with Crippen LogP contribution in [0.25, 0.3) is 0 Å². The number of ether oxygens (including phenoxy) is 1. The molecule has 23 heavy (non-hydrogen) atoms.